The number of hydrogen-bond acceptors (Lipinski definition) is 5. The van der Waals surface area contributed by atoms with Crippen molar-refractivity contribution in [1.29, 1.82) is 0 Å². The predicted molar refractivity (Wildman–Crippen MR) is 87.9 cm³/mol. The Balaban J connectivity index is 2.29. The molecule has 0 unspecified atom stereocenters. The number of nitrogens with zero attached hydrogens (tertiary/aromatic N) is 1. The van der Waals surface area contributed by atoms with E-state index in [4.69, 9.17) is 4.74 Å². The summed E-state index contributed by atoms with van der Waals surface area (Å²) in [5.74, 6) is -0.137. The molecule has 0 aliphatic carbocycles. The summed E-state index contributed by atoms with van der Waals surface area (Å²) in [6.07, 6.45) is 1.64. The number of esters is 1. The number of sulfonamides is 1. The molecule has 23 heavy (non-hydrogen) atoms. The molecule has 1 N–H and O–H groups in total. The first-order valence-electron chi connectivity index (χ1n) is 7.74. The standard InChI is InChI=1S/C16H24N2O4S/c1-12-4-5-15(14(10-12)16(19)22-3)23(20,21)18-8-6-13(7-9-18)11-17-2/h4-5,10,13,17H,6-9,11H2,1-3H3. The van der Waals surface area contributed by atoms with Gasteiger partial charge < -0.3 is 10.1 Å². The number of hydrogen-bond donors (Lipinski definition) is 1. The smallest absolute Gasteiger partial charge is 0.339 e. The van der Waals surface area contributed by atoms with Gasteiger partial charge in [-0.05, 0) is 51.4 Å². The maximum absolute atomic E-state index is 12.9. The lowest BCUT2D eigenvalue weighted by Crippen LogP contribution is -2.40. The van der Waals surface area contributed by atoms with Gasteiger partial charge in [-0.15, -0.1) is 0 Å². The van der Waals surface area contributed by atoms with Gasteiger partial charge in [0.1, 0.15) is 0 Å². The maximum atomic E-state index is 12.9. The van der Waals surface area contributed by atoms with Crippen LogP contribution >= 0.6 is 0 Å². The van der Waals surface area contributed by atoms with Crippen molar-refractivity contribution in [2.24, 2.45) is 5.92 Å². The van der Waals surface area contributed by atoms with Crippen LogP contribution in [0.4, 0.5) is 0 Å². The Morgan fingerprint density at radius 3 is 2.57 bits per heavy atom. The number of nitrogens with one attached hydrogen (secondary N) is 1. The molecule has 1 saturated heterocycles. The van der Waals surface area contributed by atoms with E-state index >= 15 is 0 Å². The minimum Gasteiger partial charge on any atom is -0.465 e. The van der Waals surface area contributed by atoms with Crippen molar-refractivity contribution >= 4 is 16.0 Å². The zero-order valence-electron chi connectivity index (χ0n) is 13.8. The van der Waals surface area contributed by atoms with E-state index < -0.39 is 16.0 Å². The summed E-state index contributed by atoms with van der Waals surface area (Å²) in [5, 5.41) is 3.13. The van der Waals surface area contributed by atoms with Crippen molar-refractivity contribution < 1.29 is 17.9 Å². The summed E-state index contributed by atoms with van der Waals surface area (Å²) in [6.45, 7) is 3.66. The molecule has 1 aliphatic rings. The second kappa shape index (κ2) is 7.42. The first-order valence-corrected chi connectivity index (χ1v) is 9.18. The van der Waals surface area contributed by atoms with Crippen LogP contribution in [0.15, 0.2) is 23.1 Å². The normalized spacial score (nSPS) is 17.2. The minimum atomic E-state index is -3.69. The van der Waals surface area contributed by atoms with Gasteiger partial charge in [0.2, 0.25) is 10.0 Å². The highest BCUT2D eigenvalue weighted by molar-refractivity contribution is 7.89. The molecule has 0 saturated carbocycles. The molecule has 0 amide bonds. The van der Waals surface area contributed by atoms with Gasteiger partial charge in [-0.25, -0.2) is 13.2 Å². The fourth-order valence-electron chi connectivity index (χ4n) is 2.92. The average Bonchev–Trinajstić information content (AvgIpc) is 2.54. The molecule has 0 aromatic heterocycles. The summed E-state index contributed by atoms with van der Waals surface area (Å²) < 4.78 is 32.0. The second-order valence-corrected chi connectivity index (χ2v) is 7.80. The third-order valence-corrected chi connectivity index (χ3v) is 6.18. The van der Waals surface area contributed by atoms with Crippen molar-refractivity contribution in [3.05, 3.63) is 29.3 Å². The Hall–Kier alpha value is -1.44. The minimum absolute atomic E-state index is 0.0296. The van der Waals surface area contributed by atoms with Gasteiger partial charge in [-0.2, -0.15) is 4.31 Å². The molecule has 0 radical (unpaired) electrons. The van der Waals surface area contributed by atoms with Crippen molar-refractivity contribution in [2.45, 2.75) is 24.7 Å². The topological polar surface area (TPSA) is 75.7 Å². The highest BCUT2D eigenvalue weighted by Gasteiger charge is 2.32. The molecule has 2 rings (SSSR count). The zero-order chi connectivity index (χ0) is 17.0. The fraction of sp³-hybridized carbons (Fsp3) is 0.562. The molecule has 1 fully saturated rings. The number of piperidine rings is 1. The fourth-order valence-corrected chi connectivity index (χ4v) is 4.55. The van der Waals surface area contributed by atoms with E-state index in [1.807, 2.05) is 14.0 Å². The molecule has 128 valence electrons. The van der Waals surface area contributed by atoms with E-state index in [0.29, 0.717) is 19.0 Å². The van der Waals surface area contributed by atoms with Crippen molar-refractivity contribution in [3.8, 4) is 0 Å². The molecule has 1 heterocycles. The van der Waals surface area contributed by atoms with Gasteiger partial charge in [0, 0.05) is 13.1 Å². The van der Waals surface area contributed by atoms with E-state index in [9.17, 15) is 13.2 Å². The number of methoxy groups -OCH3 is 1. The zero-order valence-corrected chi connectivity index (χ0v) is 14.6. The van der Waals surface area contributed by atoms with Gasteiger partial charge in [-0.3, -0.25) is 0 Å². The van der Waals surface area contributed by atoms with E-state index in [1.54, 1.807) is 12.1 Å². The number of carbonyl (C=O) groups is 1. The van der Waals surface area contributed by atoms with Gasteiger partial charge in [0.25, 0.3) is 0 Å². The summed E-state index contributed by atoms with van der Waals surface area (Å²) in [7, 11) is -0.536. The summed E-state index contributed by atoms with van der Waals surface area (Å²) >= 11 is 0. The molecule has 1 aromatic carbocycles. The predicted octanol–water partition coefficient (Wildman–Crippen LogP) is 1.40. The lowest BCUT2D eigenvalue weighted by molar-refractivity contribution is 0.0596. The van der Waals surface area contributed by atoms with Crippen LogP contribution in [0.3, 0.4) is 0 Å². The Bertz CT molecular complexity index is 665. The third kappa shape index (κ3) is 3.91. The molecule has 0 bridgehead atoms. The Morgan fingerprint density at radius 2 is 2.00 bits per heavy atom. The maximum Gasteiger partial charge on any atom is 0.339 e. The van der Waals surface area contributed by atoms with Crippen LogP contribution in [0.1, 0.15) is 28.8 Å². The van der Waals surface area contributed by atoms with Crippen molar-refractivity contribution in [2.75, 3.05) is 33.8 Å². The molecule has 1 aliphatic heterocycles. The lowest BCUT2D eigenvalue weighted by Gasteiger charge is -2.31. The van der Waals surface area contributed by atoms with Crippen LogP contribution in [-0.4, -0.2) is 52.5 Å². The van der Waals surface area contributed by atoms with Crippen LogP contribution < -0.4 is 5.32 Å². The number of aryl methyl sites for hydroxylation is 1. The largest absolute Gasteiger partial charge is 0.465 e. The lowest BCUT2D eigenvalue weighted by atomic mass is 9.98. The first kappa shape index (κ1) is 17.9. The van der Waals surface area contributed by atoms with Gasteiger partial charge in [-0.1, -0.05) is 11.6 Å². The van der Waals surface area contributed by atoms with Gasteiger partial charge in [0.05, 0.1) is 17.6 Å². The first-order chi connectivity index (χ1) is 10.9. The van der Waals surface area contributed by atoms with Crippen LogP contribution in [0.5, 0.6) is 0 Å². The molecule has 0 atom stereocenters. The number of rotatable bonds is 5. The van der Waals surface area contributed by atoms with Crippen molar-refractivity contribution in [3.63, 3.8) is 0 Å². The molecule has 1 aromatic rings. The van der Waals surface area contributed by atoms with E-state index in [2.05, 4.69) is 5.32 Å². The Morgan fingerprint density at radius 1 is 1.35 bits per heavy atom. The highest BCUT2D eigenvalue weighted by atomic mass is 32.2. The van der Waals surface area contributed by atoms with E-state index in [-0.39, 0.29) is 10.5 Å². The number of benzene rings is 1. The Kier molecular flexibility index (Phi) is 5.78. The van der Waals surface area contributed by atoms with E-state index in [1.165, 1.54) is 17.5 Å². The third-order valence-electron chi connectivity index (χ3n) is 4.22. The van der Waals surface area contributed by atoms with Crippen LogP contribution in [0.25, 0.3) is 0 Å². The number of carbonyl (C=O) groups excluding carboxylic acids is 1. The summed E-state index contributed by atoms with van der Waals surface area (Å²) in [4.78, 5) is 12.0. The van der Waals surface area contributed by atoms with E-state index in [0.717, 1.165) is 24.9 Å². The highest BCUT2D eigenvalue weighted by Crippen LogP contribution is 2.26. The second-order valence-electron chi connectivity index (χ2n) is 5.90. The van der Waals surface area contributed by atoms with Crippen molar-refractivity contribution in [1.82, 2.24) is 9.62 Å². The quantitative estimate of drug-likeness (QED) is 0.820. The molecule has 6 nitrogen and oxygen atoms in total. The molecular weight excluding hydrogens is 316 g/mol. The molecular formula is C16H24N2O4S. The molecule has 7 heteroatoms. The molecule has 0 spiro atoms. The monoisotopic (exact) mass is 340 g/mol. The average molecular weight is 340 g/mol. The van der Waals surface area contributed by atoms with Crippen LogP contribution in [-0.2, 0) is 14.8 Å². The van der Waals surface area contributed by atoms with Crippen LogP contribution in [0.2, 0.25) is 0 Å². The van der Waals surface area contributed by atoms with Gasteiger partial charge in [0.15, 0.2) is 0 Å². The van der Waals surface area contributed by atoms with Gasteiger partial charge >= 0.3 is 5.97 Å². The van der Waals surface area contributed by atoms with Crippen LogP contribution in [0, 0.1) is 12.8 Å². The summed E-state index contributed by atoms with van der Waals surface area (Å²) in [6, 6.07) is 4.76. The Labute approximate surface area is 137 Å². The number of ether oxygens (including phenoxy) is 1. The SMILES string of the molecule is CNCC1CCN(S(=O)(=O)c2ccc(C)cc2C(=O)OC)CC1. The summed E-state index contributed by atoms with van der Waals surface area (Å²) in [5.41, 5.74) is 0.918.